The van der Waals surface area contributed by atoms with Crippen molar-refractivity contribution in [2.45, 2.75) is 4.90 Å². The summed E-state index contributed by atoms with van der Waals surface area (Å²) < 4.78 is 33.4. The summed E-state index contributed by atoms with van der Waals surface area (Å²) in [6.07, 6.45) is 1.50. The Morgan fingerprint density at radius 1 is 1.13 bits per heavy atom. The second-order valence-corrected chi connectivity index (χ2v) is 9.59. The molecule has 2 aromatic carbocycles. The van der Waals surface area contributed by atoms with Crippen molar-refractivity contribution in [2.75, 3.05) is 10.0 Å². The fourth-order valence-electron chi connectivity index (χ4n) is 2.64. The molecule has 0 radical (unpaired) electrons. The molecule has 0 bridgehead atoms. The van der Waals surface area contributed by atoms with E-state index in [0.29, 0.717) is 16.7 Å². The highest BCUT2D eigenvalue weighted by molar-refractivity contribution is 9.10. The maximum absolute atomic E-state index is 12.6. The van der Waals surface area contributed by atoms with Crippen molar-refractivity contribution in [1.82, 2.24) is 4.98 Å². The number of rotatable bonds is 5. The van der Waals surface area contributed by atoms with Gasteiger partial charge in [0.05, 0.1) is 4.90 Å². The molecule has 30 heavy (non-hydrogen) atoms. The first-order valence-corrected chi connectivity index (χ1v) is 11.6. The molecule has 0 aliphatic rings. The molecule has 0 fully saturated rings. The molecule has 0 unspecified atom stereocenters. The van der Waals surface area contributed by atoms with E-state index in [4.69, 9.17) is 9.83 Å². The summed E-state index contributed by atoms with van der Waals surface area (Å²) in [4.78, 5) is 16.5. The number of benzene rings is 2. The Labute approximate surface area is 183 Å². The summed E-state index contributed by atoms with van der Waals surface area (Å²) in [7, 11) is -3.78. The van der Waals surface area contributed by atoms with E-state index in [2.05, 4.69) is 31.0 Å². The minimum absolute atomic E-state index is 0.0300. The summed E-state index contributed by atoms with van der Waals surface area (Å²) in [5.74, 6) is -0.540. The number of halogens is 1. The molecule has 0 atom stereocenters. The van der Waals surface area contributed by atoms with Crippen molar-refractivity contribution < 1.29 is 17.6 Å². The molecule has 4 rings (SSSR count). The molecule has 152 valence electrons. The van der Waals surface area contributed by atoms with Gasteiger partial charge in [-0.1, -0.05) is 15.9 Å². The Morgan fingerprint density at radius 2 is 1.90 bits per heavy atom. The molecule has 0 spiro atoms. The molecule has 2 aromatic heterocycles. The third kappa shape index (κ3) is 4.27. The Bertz CT molecular complexity index is 1400. The summed E-state index contributed by atoms with van der Waals surface area (Å²) >= 11 is 4.53. The van der Waals surface area contributed by atoms with Crippen LogP contribution in [0.2, 0.25) is 0 Å². The minimum atomic E-state index is -3.78. The molecule has 0 aliphatic heterocycles. The van der Waals surface area contributed by atoms with E-state index in [-0.39, 0.29) is 21.1 Å². The predicted molar refractivity (Wildman–Crippen MR) is 117 cm³/mol. The lowest BCUT2D eigenvalue weighted by molar-refractivity contribution is 0.102. The SMILES string of the molecule is N=c1oc2ccc(Br)cc2cc1C(=O)Nc1ccc(S(=O)(=O)Nc2nccs2)cc1. The first-order valence-electron chi connectivity index (χ1n) is 8.43. The molecule has 11 heteroatoms. The standard InChI is InChI=1S/C19H13BrN4O4S2/c20-12-1-6-16-11(9-12)10-15(17(21)28-16)18(25)23-13-2-4-14(5-3-13)30(26,27)24-19-22-7-8-29-19/h1-10,21H,(H,22,24)(H,23,25). The summed E-state index contributed by atoms with van der Waals surface area (Å²) in [5, 5.41) is 13.2. The van der Waals surface area contributed by atoms with Crippen LogP contribution in [0, 0.1) is 5.41 Å². The van der Waals surface area contributed by atoms with Gasteiger partial charge in [-0.3, -0.25) is 14.9 Å². The van der Waals surface area contributed by atoms with Gasteiger partial charge < -0.3 is 9.73 Å². The lowest BCUT2D eigenvalue weighted by Crippen LogP contribution is -2.21. The number of carbonyl (C=O) groups excluding carboxylic acids is 1. The normalized spacial score (nSPS) is 11.4. The van der Waals surface area contributed by atoms with Gasteiger partial charge in [0.25, 0.3) is 15.9 Å². The lowest BCUT2D eigenvalue weighted by Gasteiger charge is -2.08. The molecule has 0 aliphatic carbocycles. The van der Waals surface area contributed by atoms with Gasteiger partial charge in [-0.15, -0.1) is 11.3 Å². The maximum atomic E-state index is 12.6. The van der Waals surface area contributed by atoms with Gasteiger partial charge in [-0.25, -0.2) is 13.4 Å². The van der Waals surface area contributed by atoms with Gasteiger partial charge in [-0.2, -0.15) is 0 Å². The molecular formula is C19H13BrN4O4S2. The number of aromatic nitrogens is 1. The number of amides is 1. The topological polar surface area (TPSA) is 125 Å². The Balaban J connectivity index is 1.55. The van der Waals surface area contributed by atoms with Gasteiger partial charge >= 0.3 is 0 Å². The van der Waals surface area contributed by atoms with Crippen LogP contribution in [0.5, 0.6) is 0 Å². The Kier molecular flexibility index (Phi) is 5.41. The third-order valence-electron chi connectivity index (χ3n) is 4.05. The Morgan fingerprint density at radius 3 is 2.60 bits per heavy atom. The number of carbonyl (C=O) groups is 1. The third-order valence-corrected chi connectivity index (χ3v) is 6.72. The molecular weight excluding hydrogens is 492 g/mol. The van der Waals surface area contributed by atoms with E-state index in [1.54, 1.807) is 29.6 Å². The number of thiazole rings is 1. The van der Waals surface area contributed by atoms with Crippen LogP contribution in [0.15, 0.2) is 73.9 Å². The zero-order valence-corrected chi connectivity index (χ0v) is 18.3. The van der Waals surface area contributed by atoms with Crippen molar-refractivity contribution in [2.24, 2.45) is 0 Å². The van der Waals surface area contributed by atoms with E-state index < -0.39 is 15.9 Å². The van der Waals surface area contributed by atoms with Gasteiger partial charge in [-0.05, 0) is 48.5 Å². The molecule has 8 nitrogen and oxygen atoms in total. The average Bonchev–Trinajstić information content (AvgIpc) is 3.20. The van der Waals surface area contributed by atoms with Gasteiger partial charge in [0.15, 0.2) is 5.13 Å². The summed E-state index contributed by atoms with van der Waals surface area (Å²) in [6.45, 7) is 0. The second-order valence-electron chi connectivity index (χ2n) is 6.09. The predicted octanol–water partition coefficient (Wildman–Crippen LogP) is 4.18. The second kappa shape index (κ2) is 8.01. The first-order chi connectivity index (χ1) is 14.3. The molecule has 4 aromatic rings. The number of hydrogen-bond acceptors (Lipinski definition) is 7. The molecule has 0 saturated heterocycles. The van der Waals surface area contributed by atoms with Crippen LogP contribution in [-0.2, 0) is 10.0 Å². The number of anilines is 2. The average molecular weight is 505 g/mol. The van der Waals surface area contributed by atoms with Gasteiger partial charge in [0, 0.05) is 27.1 Å². The minimum Gasteiger partial charge on any atom is -0.438 e. The van der Waals surface area contributed by atoms with Crippen molar-refractivity contribution in [3.05, 3.63) is 75.7 Å². The highest BCUT2D eigenvalue weighted by Crippen LogP contribution is 2.21. The van der Waals surface area contributed by atoms with Crippen LogP contribution in [0.1, 0.15) is 10.4 Å². The quantitative estimate of drug-likeness (QED) is 0.375. The van der Waals surface area contributed by atoms with E-state index in [9.17, 15) is 13.2 Å². The largest absolute Gasteiger partial charge is 0.438 e. The van der Waals surface area contributed by atoms with Crippen LogP contribution >= 0.6 is 27.3 Å². The monoisotopic (exact) mass is 504 g/mol. The van der Waals surface area contributed by atoms with Crippen LogP contribution in [0.3, 0.4) is 0 Å². The molecule has 0 saturated carbocycles. The number of nitrogens with one attached hydrogen (secondary N) is 3. The fourth-order valence-corrected chi connectivity index (χ4v) is 4.81. The summed E-state index contributed by atoms with van der Waals surface area (Å²) in [6, 6.07) is 12.5. The lowest BCUT2D eigenvalue weighted by atomic mass is 10.1. The van der Waals surface area contributed by atoms with Crippen molar-refractivity contribution >= 4 is 65.0 Å². The number of hydrogen-bond donors (Lipinski definition) is 3. The Hall–Kier alpha value is -3.02. The van der Waals surface area contributed by atoms with Crippen LogP contribution in [-0.4, -0.2) is 19.3 Å². The van der Waals surface area contributed by atoms with Crippen molar-refractivity contribution in [3.8, 4) is 0 Å². The fraction of sp³-hybridized carbons (Fsp3) is 0. The smallest absolute Gasteiger partial charge is 0.263 e. The number of nitrogens with zero attached hydrogens (tertiary/aromatic N) is 1. The van der Waals surface area contributed by atoms with Crippen LogP contribution in [0.4, 0.5) is 10.8 Å². The zero-order valence-electron chi connectivity index (χ0n) is 15.0. The highest BCUT2D eigenvalue weighted by atomic mass is 79.9. The van der Waals surface area contributed by atoms with E-state index in [1.807, 2.05) is 0 Å². The van der Waals surface area contributed by atoms with Gasteiger partial charge in [0.1, 0.15) is 11.1 Å². The maximum Gasteiger partial charge on any atom is 0.263 e. The number of fused-ring (bicyclic) bond motifs is 1. The van der Waals surface area contributed by atoms with Crippen LogP contribution < -0.4 is 15.6 Å². The molecule has 1 amide bonds. The van der Waals surface area contributed by atoms with Crippen molar-refractivity contribution in [3.63, 3.8) is 0 Å². The first kappa shape index (κ1) is 20.3. The highest BCUT2D eigenvalue weighted by Gasteiger charge is 2.16. The van der Waals surface area contributed by atoms with E-state index in [1.165, 1.54) is 41.8 Å². The molecule has 3 N–H and O–H groups in total. The zero-order chi connectivity index (χ0) is 21.3. The van der Waals surface area contributed by atoms with E-state index in [0.717, 1.165) is 4.47 Å². The van der Waals surface area contributed by atoms with Crippen LogP contribution in [0.25, 0.3) is 11.0 Å². The van der Waals surface area contributed by atoms with E-state index >= 15 is 0 Å². The van der Waals surface area contributed by atoms with Crippen molar-refractivity contribution in [1.29, 1.82) is 5.41 Å². The van der Waals surface area contributed by atoms with Gasteiger partial charge in [0.2, 0.25) is 5.55 Å². The number of sulfonamides is 1. The summed E-state index contributed by atoms with van der Waals surface area (Å²) in [5.41, 5.74) is 0.654. The molecule has 2 heterocycles.